The van der Waals surface area contributed by atoms with Gasteiger partial charge in [-0.3, -0.25) is 9.69 Å². The molecule has 0 spiro atoms. The number of phenols is 1. The third-order valence-corrected chi connectivity index (χ3v) is 6.60. The maximum Gasteiger partial charge on any atom is 0.338 e. The fourth-order valence-electron chi connectivity index (χ4n) is 3.78. The Morgan fingerprint density at radius 1 is 0.875 bits per heavy atom. The van der Waals surface area contributed by atoms with Crippen molar-refractivity contribution in [3.8, 4) is 11.5 Å². The number of rotatable bonds is 9. The summed E-state index contributed by atoms with van der Waals surface area (Å²) in [4.78, 5) is 44.3. The normalized spacial score (nSPS) is 15.0. The second-order valence-electron chi connectivity index (χ2n) is 8.34. The summed E-state index contributed by atoms with van der Waals surface area (Å²) in [6.07, 6.45) is 1.70. The molecule has 1 amide bonds. The van der Waals surface area contributed by atoms with Gasteiger partial charge in [0.25, 0.3) is 5.91 Å². The first-order chi connectivity index (χ1) is 19.3. The highest BCUT2D eigenvalue weighted by Gasteiger charge is 2.35. The molecule has 1 N–H and O–H groups in total. The summed E-state index contributed by atoms with van der Waals surface area (Å²) < 4.78 is 15.6. The van der Waals surface area contributed by atoms with E-state index in [2.05, 4.69) is 4.99 Å². The van der Waals surface area contributed by atoms with Gasteiger partial charge < -0.3 is 19.3 Å². The van der Waals surface area contributed by atoms with Gasteiger partial charge in [-0.15, -0.1) is 0 Å². The van der Waals surface area contributed by atoms with E-state index in [0.29, 0.717) is 50.5 Å². The Labute approximate surface area is 236 Å². The van der Waals surface area contributed by atoms with Gasteiger partial charge in [0.05, 0.1) is 47.2 Å². The van der Waals surface area contributed by atoms with E-state index in [9.17, 15) is 19.5 Å². The second-order valence-corrected chi connectivity index (χ2v) is 9.35. The van der Waals surface area contributed by atoms with Crippen LogP contribution in [0, 0.1) is 0 Å². The van der Waals surface area contributed by atoms with Crippen LogP contribution in [-0.2, 0) is 14.3 Å². The maximum absolute atomic E-state index is 13.6. The number of amidine groups is 1. The number of ether oxygens (including phenoxy) is 3. The van der Waals surface area contributed by atoms with Crippen molar-refractivity contribution in [3.05, 3.63) is 88.3 Å². The Balaban J connectivity index is 1.71. The van der Waals surface area contributed by atoms with E-state index in [1.165, 1.54) is 22.7 Å². The summed E-state index contributed by atoms with van der Waals surface area (Å²) in [7, 11) is 0. The second kappa shape index (κ2) is 13.0. The first-order valence-electron chi connectivity index (χ1n) is 12.7. The van der Waals surface area contributed by atoms with Gasteiger partial charge in [0, 0.05) is 0 Å². The molecule has 0 atom stereocenters. The molecule has 4 rings (SSSR count). The van der Waals surface area contributed by atoms with Gasteiger partial charge >= 0.3 is 11.9 Å². The summed E-state index contributed by atoms with van der Waals surface area (Å²) >= 11 is 1.17. The number of thioether (sulfide) groups is 1. The van der Waals surface area contributed by atoms with Gasteiger partial charge in [-0.2, -0.15) is 0 Å². The lowest BCUT2D eigenvalue weighted by Crippen LogP contribution is -2.28. The van der Waals surface area contributed by atoms with Gasteiger partial charge in [0.15, 0.2) is 16.7 Å². The molecule has 0 aliphatic carbocycles. The fraction of sp³-hybridized carbons (Fsp3) is 0.200. The number of hydrogen-bond acceptors (Lipinski definition) is 9. The Kier molecular flexibility index (Phi) is 9.23. The number of hydrogen-bond donors (Lipinski definition) is 1. The lowest BCUT2D eigenvalue weighted by Gasteiger charge is -2.16. The lowest BCUT2D eigenvalue weighted by molar-refractivity contribution is -0.113. The van der Waals surface area contributed by atoms with E-state index in [-0.39, 0.29) is 24.9 Å². The van der Waals surface area contributed by atoms with E-state index in [4.69, 9.17) is 14.2 Å². The minimum absolute atomic E-state index is 0.00577. The highest BCUT2D eigenvalue weighted by molar-refractivity contribution is 8.19. The monoisotopic (exact) mass is 560 g/mol. The van der Waals surface area contributed by atoms with Crippen molar-refractivity contribution in [2.45, 2.75) is 20.8 Å². The predicted molar refractivity (Wildman–Crippen MR) is 154 cm³/mol. The number of anilines is 1. The lowest BCUT2D eigenvalue weighted by atomic mass is 10.1. The minimum Gasteiger partial charge on any atom is -0.504 e. The van der Waals surface area contributed by atoms with Crippen molar-refractivity contribution in [3.63, 3.8) is 0 Å². The van der Waals surface area contributed by atoms with Crippen molar-refractivity contribution in [2.24, 2.45) is 4.99 Å². The van der Waals surface area contributed by atoms with E-state index in [1.54, 1.807) is 80.6 Å². The molecule has 10 heteroatoms. The van der Waals surface area contributed by atoms with E-state index in [0.717, 1.165) is 0 Å². The van der Waals surface area contributed by atoms with Crippen molar-refractivity contribution in [1.29, 1.82) is 0 Å². The number of nitrogens with zero attached hydrogens (tertiary/aromatic N) is 2. The highest BCUT2D eigenvalue weighted by atomic mass is 32.2. The molecule has 0 saturated carbocycles. The molecule has 0 aromatic heterocycles. The molecule has 0 radical (unpaired) electrons. The number of carbonyl (C=O) groups excluding carboxylic acids is 3. The number of aliphatic imine (C=N–C) groups is 1. The molecule has 1 aliphatic heterocycles. The zero-order valence-corrected chi connectivity index (χ0v) is 23.1. The van der Waals surface area contributed by atoms with Crippen LogP contribution in [0.15, 0.2) is 76.6 Å². The summed E-state index contributed by atoms with van der Waals surface area (Å²) in [5, 5.41) is 10.4. The molecule has 0 bridgehead atoms. The predicted octanol–water partition coefficient (Wildman–Crippen LogP) is 5.95. The molecule has 40 heavy (non-hydrogen) atoms. The van der Waals surface area contributed by atoms with Crippen LogP contribution in [0.2, 0.25) is 0 Å². The van der Waals surface area contributed by atoms with Crippen LogP contribution in [0.3, 0.4) is 0 Å². The summed E-state index contributed by atoms with van der Waals surface area (Å²) in [5.74, 6) is -0.881. The average molecular weight is 561 g/mol. The van der Waals surface area contributed by atoms with E-state index < -0.39 is 11.9 Å². The third-order valence-electron chi connectivity index (χ3n) is 5.63. The van der Waals surface area contributed by atoms with E-state index in [1.807, 2.05) is 6.92 Å². The molecular formula is C30H28N2O7S. The Morgan fingerprint density at radius 3 is 2.05 bits per heavy atom. The number of phenolic OH excluding ortho intramolecular Hbond substituents is 1. The van der Waals surface area contributed by atoms with Crippen LogP contribution in [0.4, 0.5) is 11.4 Å². The van der Waals surface area contributed by atoms with Crippen LogP contribution in [0.5, 0.6) is 11.5 Å². The quantitative estimate of drug-likeness (QED) is 0.252. The first-order valence-corrected chi connectivity index (χ1v) is 13.5. The molecule has 206 valence electrons. The maximum atomic E-state index is 13.6. The molecule has 1 saturated heterocycles. The minimum atomic E-state index is -0.454. The topological polar surface area (TPSA) is 115 Å². The Bertz CT molecular complexity index is 1460. The number of aromatic hydroxyl groups is 1. The number of benzene rings is 3. The molecular weight excluding hydrogens is 532 g/mol. The average Bonchev–Trinajstić information content (AvgIpc) is 3.25. The van der Waals surface area contributed by atoms with Crippen molar-refractivity contribution in [1.82, 2.24) is 0 Å². The molecule has 0 unspecified atom stereocenters. The summed E-state index contributed by atoms with van der Waals surface area (Å²) in [5.41, 5.74) is 2.46. The number of esters is 2. The number of amides is 1. The molecule has 1 aliphatic rings. The molecule has 1 fully saturated rings. The summed E-state index contributed by atoms with van der Waals surface area (Å²) in [6, 6.07) is 17.9. The van der Waals surface area contributed by atoms with Crippen LogP contribution >= 0.6 is 11.8 Å². The Morgan fingerprint density at radius 2 is 1.48 bits per heavy atom. The first kappa shape index (κ1) is 28.4. The van der Waals surface area contributed by atoms with Gasteiger partial charge in [-0.05, 0) is 105 Å². The number of carbonyl (C=O) groups is 3. The zero-order valence-electron chi connectivity index (χ0n) is 22.2. The van der Waals surface area contributed by atoms with Gasteiger partial charge in [-0.25, -0.2) is 14.6 Å². The van der Waals surface area contributed by atoms with Gasteiger partial charge in [0.2, 0.25) is 0 Å². The molecule has 3 aromatic carbocycles. The van der Waals surface area contributed by atoms with Gasteiger partial charge in [-0.1, -0.05) is 6.07 Å². The largest absolute Gasteiger partial charge is 0.504 e. The van der Waals surface area contributed by atoms with Crippen molar-refractivity contribution < 1.29 is 33.7 Å². The Hall–Kier alpha value is -4.57. The molecule has 3 aromatic rings. The van der Waals surface area contributed by atoms with Crippen LogP contribution in [0.25, 0.3) is 6.08 Å². The smallest absolute Gasteiger partial charge is 0.338 e. The third kappa shape index (κ3) is 6.52. The highest BCUT2D eigenvalue weighted by Crippen LogP contribution is 2.38. The van der Waals surface area contributed by atoms with Crippen LogP contribution in [-0.4, -0.2) is 47.9 Å². The van der Waals surface area contributed by atoms with Crippen LogP contribution < -0.4 is 9.64 Å². The van der Waals surface area contributed by atoms with Crippen molar-refractivity contribution >= 4 is 52.2 Å². The standard InChI is InChI=1S/C30H28N2O7S/c1-4-37-25-17-19(7-16-24(25)33)18-26-27(34)32(23-14-10-21(11-15-23)29(36)39-6-3)30(40-26)31-22-12-8-20(9-13-22)28(35)38-5-2/h7-18,33H,4-6H2,1-3H3/b26-18-,31-30?. The zero-order chi connectivity index (χ0) is 28.6. The SMILES string of the molecule is CCOC(=O)c1ccc(N=C2S/C(=C\c3ccc(O)c(OCC)c3)C(=O)N2c2ccc(C(=O)OCC)cc2)cc1. The van der Waals surface area contributed by atoms with Gasteiger partial charge in [0.1, 0.15) is 0 Å². The van der Waals surface area contributed by atoms with Crippen molar-refractivity contribution in [2.75, 3.05) is 24.7 Å². The fourth-order valence-corrected chi connectivity index (χ4v) is 4.78. The molecule has 9 nitrogen and oxygen atoms in total. The summed E-state index contributed by atoms with van der Waals surface area (Å²) in [6.45, 7) is 6.18. The van der Waals surface area contributed by atoms with E-state index >= 15 is 0 Å². The van der Waals surface area contributed by atoms with Crippen LogP contribution in [0.1, 0.15) is 47.1 Å². The molecule has 1 heterocycles.